The van der Waals surface area contributed by atoms with Gasteiger partial charge in [0.25, 0.3) is 0 Å². The molecule has 0 bridgehead atoms. The molecule has 0 atom stereocenters. The summed E-state index contributed by atoms with van der Waals surface area (Å²) in [5.41, 5.74) is 0.606. The number of nitrogens with one attached hydrogen (secondary N) is 1. The van der Waals surface area contributed by atoms with Crippen molar-refractivity contribution in [3.05, 3.63) is 47.3 Å². The number of nitrogens with zero attached hydrogens (tertiary/aromatic N) is 2. The van der Waals surface area contributed by atoms with Crippen molar-refractivity contribution in [2.75, 3.05) is 19.0 Å². The molecule has 0 aliphatic carbocycles. The highest BCUT2D eigenvalue weighted by Crippen LogP contribution is 2.20. The van der Waals surface area contributed by atoms with Gasteiger partial charge in [-0.1, -0.05) is 0 Å². The molecule has 1 N–H and O–H groups in total. The van der Waals surface area contributed by atoms with Crippen molar-refractivity contribution in [1.29, 1.82) is 0 Å². The van der Waals surface area contributed by atoms with Crippen LogP contribution in [0.1, 0.15) is 17.1 Å². The number of hydrogen-bond acceptors (Lipinski definition) is 4. The predicted molar refractivity (Wildman–Crippen MR) is 72.5 cm³/mol. The van der Waals surface area contributed by atoms with Crippen molar-refractivity contribution >= 4 is 5.82 Å². The van der Waals surface area contributed by atoms with E-state index in [1.54, 1.807) is 31.3 Å². The van der Waals surface area contributed by atoms with Crippen LogP contribution in [-0.4, -0.2) is 19.1 Å². The van der Waals surface area contributed by atoms with Crippen LogP contribution < -0.4 is 10.2 Å². The summed E-state index contributed by atoms with van der Waals surface area (Å²) in [5.74, 6) is 1.69. The van der Waals surface area contributed by atoms with Gasteiger partial charge in [0.15, 0.2) is 11.6 Å². The molecule has 0 saturated heterocycles. The fraction of sp³-hybridized carbons (Fsp3) is 0.357. The van der Waals surface area contributed by atoms with Gasteiger partial charge in [0, 0.05) is 25.4 Å². The van der Waals surface area contributed by atoms with E-state index in [1.165, 1.54) is 0 Å². The Bertz CT molecular complexity index is 553. The average Bonchev–Trinajstić information content (AvgIpc) is 2.77. The maximum absolute atomic E-state index is 14.2. The Hall–Kier alpha value is -1.88. The highest BCUT2D eigenvalue weighted by molar-refractivity contribution is 5.42. The maximum atomic E-state index is 14.2. The zero-order chi connectivity index (χ0) is 13.8. The van der Waals surface area contributed by atoms with E-state index in [0.717, 1.165) is 11.5 Å². The van der Waals surface area contributed by atoms with E-state index >= 15 is 0 Å². The fourth-order valence-electron chi connectivity index (χ4n) is 1.94. The molecule has 0 aliphatic heterocycles. The zero-order valence-corrected chi connectivity index (χ0v) is 11.4. The van der Waals surface area contributed by atoms with E-state index in [4.69, 9.17) is 4.42 Å². The van der Waals surface area contributed by atoms with Gasteiger partial charge in [0.1, 0.15) is 11.5 Å². The molecule has 2 rings (SSSR count). The number of hydrogen-bond donors (Lipinski definition) is 1. The number of anilines is 1. The molecule has 0 spiro atoms. The van der Waals surface area contributed by atoms with Gasteiger partial charge < -0.3 is 14.6 Å². The van der Waals surface area contributed by atoms with Gasteiger partial charge in [-0.05, 0) is 32.2 Å². The Labute approximate surface area is 112 Å². The van der Waals surface area contributed by atoms with Gasteiger partial charge in [-0.15, -0.1) is 0 Å². The third-order valence-corrected chi connectivity index (χ3v) is 2.87. The molecule has 4 nitrogen and oxygen atoms in total. The van der Waals surface area contributed by atoms with Crippen LogP contribution in [0.5, 0.6) is 0 Å². The summed E-state index contributed by atoms with van der Waals surface area (Å²) in [6, 6.07) is 5.46. The number of halogens is 1. The van der Waals surface area contributed by atoms with E-state index in [1.807, 2.05) is 19.1 Å². The van der Waals surface area contributed by atoms with Crippen molar-refractivity contribution < 1.29 is 8.81 Å². The van der Waals surface area contributed by atoms with Crippen molar-refractivity contribution in [3.8, 4) is 0 Å². The molecular formula is C14H18FN3O. The Morgan fingerprint density at radius 2 is 2.16 bits per heavy atom. The van der Waals surface area contributed by atoms with Gasteiger partial charge in [-0.25, -0.2) is 9.37 Å². The summed E-state index contributed by atoms with van der Waals surface area (Å²) in [6.07, 6.45) is 1.62. The molecule has 0 fully saturated rings. The quantitative estimate of drug-likeness (QED) is 0.899. The molecule has 5 heteroatoms. The third-order valence-electron chi connectivity index (χ3n) is 2.87. The molecule has 102 valence electrons. The van der Waals surface area contributed by atoms with Crippen molar-refractivity contribution in [3.63, 3.8) is 0 Å². The minimum atomic E-state index is -0.289. The molecule has 2 aromatic rings. The van der Waals surface area contributed by atoms with E-state index in [-0.39, 0.29) is 5.82 Å². The smallest absolute Gasteiger partial charge is 0.170 e. The lowest BCUT2D eigenvalue weighted by atomic mass is 10.2. The zero-order valence-electron chi connectivity index (χ0n) is 11.4. The second-order valence-corrected chi connectivity index (χ2v) is 4.51. The van der Waals surface area contributed by atoms with Gasteiger partial charge >= 0.3 is 0 Å². The average molecular weight is 263 g/mol. The number of rotatable bonds is 5. The Balaban J connectivity index is 2.18. The first-order valence-corrected chi connectivity index (χ1v) is 6.16. The lowest BCUT2D eigenvalue weighted by Crippen LogP contribution is -2.20. The van der Waals surface area contributed by atoms with Gasteiger partial charge in [0.05, 0.1) is 6.54 Å². The Morgan fingerprint density at radius 3 is 2.79 bits per heavy atom. The third kappa shape index (κ3) is 3.12. The minimum Gasteiger partial charge on any atom is -0.464 e. The number of aromatic nitrogens is 1. The predicted octanol–water partition coefficient (Wildman–Crippen LogP) is 2.48. The second-order valence-electron chi connectivity index (χ2n) is 4.51. The van der Waals surface area contributed by atoms with Crippen LogP contribution in [0.3, 0.4) is 0 Å². The van der Waals surface area contributed by atoms with Crippen LogP contribution >= 0.6 is 0 Å². The van der Waals surface area contributed by atoms with Crippen LogP contribution in [0.25, 0.3) is 0 Å². The molecule has 0 aromatic carbocycles. The van der Waals surface area contributed by atoms with Crippen LogP contribution in [0.2, 0.25) is 0 Å². The van der Waals surface area contributed by atoms with E-state index < -0.39 is 0 Å². The number of pyridine rings is 1. The fourth-order valence-corrected chi connectivity index (χ4v) is 1.94. The van der Waals surface area contributed by atoms with Crippen LogP contribution in [0.15, 0.2) is 28.8 Å². The second kappa shape index (κ2) is 5.84. The largest absolute Gasteiger partial charge is 0.464 e. The number of furan rings is 1. The summed E-state index contributed by atoms with van der Waals surface area (Å²) >= 11 is 0. The molecule has 0 radical (unpaired) electrons. The molecular weight excluding hydrogens is 245 g/mol. The molecule has 2 heterocycles. The highest BCUT2D eigenvalue weighted by atomic mass is 19.1. The maximum Gasteiger partial charge on any atom is 0.170 e. The standard InChI is InChI=1S/C14H18FN3O/c1-10-4-5-12(19-10)9-18(3)14-13(15)11(8-16-2)6-7-17-14/h4-7,16H,8-9H2,1-3H3. The minimum absolute atomic E-state index is 0.289. The molecule has 0 saturated carbocycles. The molecule has 0 unspecified atom stereocenters. The lowest BCUT2D eigenvalue weighted by molar-refractivity contribution is 0.479. The van der Waals surface area contributed by atoms with E-state index in [0.29, 0.717) is 24.5 Å². The normalized spacial score (nSPS) is 10.7. The first-order chi connectivity index (χ1) is 9.11. The number of aryl methyl sites for hydroxylation is 1. The first kappa shape index (κ1) is 13.5. The summed E-state index contributed by atoms with van der Waals surface area (Å²) in [7, 11) is 3.58. The summed E-state index contributed by atoms with van der Waals surface area (Å²) in [6.45, 7) is 2.85. The van der Waals surface area contributed by atoms with Crippen LogP contribution in [-0.2, 0) is 13.1 Å². The molecule has 0 amide bonds. The molecule has 2 aromatic heterocycles. The van der Waals surface area contributed by atoms with Gasteiger partial charge in [0.2, 0.25) is 0 Å². The summed E-state index contributed by atoms with van der Waals surface area (Å²) in [4.78, 5) is 5.85. The lowest BCUT2D eigenvalue weighted by Gasteiger charge is -2.18. The first-order valence-electron chi connectivity index (χ1n) is 6.16. The molecule has 19 heavy (non-hydrogen) atoms. The highest BCUT2D eigenvalue weighted by Gasteiger charge is 2.14. The van der Waals surface area contributed by atoms with Crippen molar-refractivity contribution in [2.45, 2.75) is 20.0 Å². The van der Waals surface area contributed by atoms with Crippen molar-refractivity contribution in [1.82, 2.24) is 10.3 Å². The topological polar surface area (TPSA) is 41.3 Å². The van der Waals surface area contributed by atoms with Crippen molar-refractivity contribution in [2.24, 2.45) is 0 Å². The van der Waals surface area contributed by atoms with Gasteiger partial charge in [-0.2, -0.15) is 0 Å². The summed E-state index contributed by atoms with van der Waals surface area (Å²) < 4.78 is 19.7. The van der Waals surface area contributed by atoms with Gasteiger partial charge in [-0.3, -0.25) is 0 Å². The monoisotopic (exact) mass is 263 g/mol. The Kier molecular flexibility index (Phi) is 4.16. The van der Waals surface area contributed by atoms with Crippen LogP contribution in [0.4, 0.5) is 10.2 Å². The summed E-state index contributed by atoms with van der Waals surface area (Å²) in [5, 5.41) is 2.94. The Morgan fingerprint density at radius 1 is 1.37 bits per heavy atom. The van der Waals surface area contributed by atoms with E-state index in [2.05, 4.69) is 10.3 Å². The molecule has 0 aliphatic rings. The van der Waals surface area contributed by atoms with E-state index in [9.17, 15) is 4.39 Å². The SMILES string of the molecule is CNCc1ccnc(N(C)Cc2ccc(C)o2)c1F. The van der Waals surface area contributed by atoms with Crippen LogP contribution in [0, 0.1) is 12.7 Å².